The van der Waals surface area contributed by atoms with Gasteiger partial charge in [0, 0.05) is 17.7 Å². The van der Waals surface area contributed by atoms with Gasteiger partial charge in [0.25, 0.3) is 0 Å². The smallest absolute Gasteiger partial charge is 0.224 e. The molecule has 3 rings (SSSR count). The zero-order valence-electron chi connectivity index (χ0n) is 10.7. The standard InChI is InChI=1S/C16H13ClFNO/c17-16(10-4-2-1-3-5-10)12-8-11-6-7-15(20)19-14(11)9-13(12)18/h1-5,8-9,16H,6-7H2,(H,19,20). The molecular formula is C16H13ClFNO. The molecule has 0 saturated heterocycles. The molecule has 1 aliphatic heterocycles. The third kappa shape index (κ3) is 2.41. The second-order valence-electron chi connectivity index (χ2n) is 4.85. The number of hydrogen-bond acceptors (Lipinski definition) is 1. The highest BCUT2D eigenvalue weighted by Crippen LogP contribution is 2.34. The fourth-order valence-corrected chi connectivity index (χ4v) is 2.73. The molecule has 2 nitrogen and oxygen atoms in total. The lowest BCUT2D eigenvalue weighted by Crippen LogP contribution is -2.19. The second-order valence-corrected chi connectivity index (χ2v) is 5.29. The van der Waals surface area contributed by atoms with Crippen LogP contribution in [0.25, 0.3) is 0 Å². The van der Waals surface area contributed by atoms with E-state index in [0.29, 0.717) is 24.1 Å². The summed E-state index contributed by atoms with van der Waals surface area (Å²) in [6.45, 7) is 0. The lowest BCUT2D eigenvalue weighted by molar-refractivity contribution is -0.116. The minimum atomic E-state index is -0.529. The van der Waals surface area contributed by atoms with Crippen LogP contribution in [-0.2, 0) is 11.2 Å². The molecule has 1 aliphatic rings. The molecule has 4 heteroatoms. The Morgan fingerprint density at radius 3 is 2.65 bits per heavy atom. The average Bonchev–Trinajstić information content (AvgIpc) is 2.46. The Kier molecular flexibility index (Phi) is 3.45. The molecule has 0 bridgehead atoms. The molecule has 0 spiro atoms. The van der Waals surface area contributed by atoms with E-state index in [2.05, 4.69) is 5.32 Å². The monoisotopic (exact) mass is 289 g/mol. The van der Waals surface area contributed by atoms with Gasteiger partial charge in [-0.15, -0.1) is 11.6 Å². The van der Waals surface area contributed by atoms with Crippen LogP contribution in [0.5, 0.6) is 0 Å². The first kappa shape index (κ1) is 13.1. The molecule has 0 saturated carbocycles. The average molecular weight is 290 g/mol. The molecule has 0 radical (unpaired) electrons. The number of benzene rings is 2. The van der Waals surface area contributed by atoms with Crippen LogP contribution in [0.1, 0.15) is 28.5 Å². The number of carbonyl (C=O) groups is 1. The molecule has 1 atom stereocenters. The number of fused-ring (bicyclic) bond motifs is 1. The van der Waals surface area contributed by atoms with E-state index in [1.165, 1.54) is 6.07 Å². The predicted octanol–water partition coefficient (Wildman–Crippen LogP) is 4.04. The first-order valence-corrected chi connectivity index (χ1v) is 6.90. The molecule has 2 aromatic rings. The van der Waals surface area contributed by atoms with Crippen LogP contribution in [-0.4, -0.2) is 5.91 Å². The topological polar surface area (TPSA) is 29.1 Å². The van der Waals surface area contributed by atoms with Gasteiger partial charge in [0.1, 0.15) is 5.82 Å². The lowest BCUT2D eigenvalue weighted by atomic mass is 9.96. The summed E-state index contributed by atoms with van der Waals surface area (Å²) < 4.78 is 14.2. The summed E-state index contributed by atoms with van der Waals surface area (Å²) >= 11 is 6.38. The van der Waals surface area contributed by atoms with Crippen molar-refractivity contribution in [2.24, 2.45) is 0 Å². The maximum Gasteiger partial charge on any atom is 0.224 e. The van der Waals surface area contributed by atoms with Gasteiger partial charge in [0.15, 0.2) is 0 Å². The van der Waals surface area contributed by atoms with Crippen LogP contribution >= 0.6 is 11.6 Å². The second kappa shape index (κ2) is 5.25. The van der Waals surface area contributed by atoms with E-state index >= 15 is 0 Å². The van der Waals surface area contributed by atoms with E-state index in [1.807, 2.05) is 30.3 Å². The number of carbonyl (C=O) groups excluding carboxylic acids is 1. The summed E-state index contributed by atoms with van der Waals surface area (Å²) in [6, 6.07) is 12.5. The van der Waals surface area contributed by atoms with Crippen molar-refractivity contribution in [2.45, 2.75) is 18.2 Å². The number of amides is 1. The summed E-state index contributed by atoms with van der Waals surface area (Å²) in [6.07, 6.45) is 1.04. The molecule has 0 aliphatic carbocycles. The third-order valence-electron chi connectivity index (χ3n) is 3.48. The summed E-state index contributed by atoms with van der Waals surface area (Å²) in [7, 11) is 0. The quantitative estimate of drug-likeness (QED) is 0.831. The minimum absolute atomic E-state index is 0.0740. The highest BCUT2D eigenvalue weighted by atomic mass is 35.5. The van der Waals surface area contributed by atoms with Crippen molar-refractivity contribution in [2.75, 3.05) is 5.32 Å². The van der Waals surface area contributed by atoms with Crippen LogP contribution in [0.2, 0.25) is 0 Å². The zero-order chi connectivity index (χ0) is 14.1. The lowest BCUT2D eigenvalue weighted by Gasteiger charge is -2.20. The van der Waals surface area contributed by atoms with Gasteiger partial charge in [-0.3, -0.25) is 4.79 Å². The summed E-state index contributed by atoms with van der Waals surface area (Å²) in [5.41, 5.74) is 2.79. The first-order chi connectivity index (χ1) is 9.65. The molecule has 1 heterocycles. The van der Waals surface area contributed by atoms with Gasteiger partial charge < -0.3 is 5.32 Å². The van der Waals surface area contributed by atoms with Gasteiger partial charge in [0.2, 0.25) is 5.91 Å². The van der Waals surface area contributed by atoms with Crippen molar-refractivity contribution < 1.29 is 9.18 Å². The first-order valence-electron chi connectivity index (χ1n) is 6.46. The Hall–Kier alpha value is -1.87. The van der Waals surface area contributed by atoms with Gasteiger partial charge in [0.05, 0.1) is 5.38 Å². The van der Waals surface area contributed by atoms with E-state index in [1.54, 1.807) is 6.07 Å². The van der Waals surface area contributed by atoms with Crippen LogP contribution in [0.4, 0.5) is 10.1 Å². The maximum absolute atomic E-state index is 14.2. The van der Waals surface area contributed by atoms with Crippen LogP contribution in [0.3, 0.4) is 0 Å². The Morgan fingerprint density at radius 2 is 1.90 bits per heavy atom. The van der Waals surface area contributed by atoms with Crippen molar-refractivity contribution >= 4 is 23.2 Å². The zero-order valence-corrected chi connectivity index (χ0v) is 11.5. The SMILES string of the molecule is O=C1CCc2cc(C(Cl)c3ccccc3)c(F)cc2N1. The number of aryl methyl sites for hydroxylation is 1. The molecule has 2 aromatic carbocycles. The number of alkyl halides is 1. The number of rotatable bonds is 2. The normalized spacial score (nSPS) is 15.4. The van der Waals surface area contributed by atoms with E-state index in [-0.39, 0.29) is 5.91 Å². The van der Waals surface area contributed by atoms with Crippen LogP contribution < -0.4 is 5.32 Å². The summed E-state index contributed by atoms with van der Waals surface area (Å²) in [4.78, 5) is 11.3. The van der Waals surface area contributed by atoms with Crippen LogP contribution in [0.15, 0.2) is 42.5 Å². The molecule has 1 unspecified atom stereocenters. The molecule has 1 amide bonds. The molecule has 102 valence electrons. The Bertz CT molecular complexity index is 657. The molecule has 20 heavy (non-hydrogen) atoms. The highest BCUT2D eigenvalue weighted by molar-refractivity contribution is 6.22. The largest absolute Gasteiger partial charge is 0.326 e. The fourth-order valence-electron chi connectivity index (χ4n) is 2.42. The van der Waals surface area contributed by atoms with Crippen molar-refractivity contribution in [3.05, 3.63) is 65.0 Å². The molecule has 1 N–H and O–H groups in total. The molecule has 0 fully saturated rings. The van der Waals surface area contributed by atoms with Gasteiger partial charge >= 0.3 is 0 Å². The van der Waals surface area contributed by atoms with Crippen molar-refractivity contribution in [3.8, 4) is 0 Å². The Morgan fingerprint density at radius 1 is 1.15 bits per heavy atom. The van der Waals surface area contributed by atoms with Gasteiger partial charge in [-0.05, 0) is 29.7 Å². The summed E-state index contributed by atoms with van der Waals surface area (Å²) in [5, 5.41) is 2.16. The number of nitrogens with one attached hydrogen (secondary N) is 1. The van der Waals surface area contributed by atoms with E-state index in [0.717, 1.165) is 11.1 Å². The number of anilines is 1. The fraction of sp³-hybridized carbons (Fsp3) is 0.188. The van der Waals surface area contributed by atoms with Crippen molar-refractivity contribution in [1.29, 1.82) is 0 Å². The third-order valence-corrected chi connectivity index (χ3v) is 3.97. The highest BCUT2D eigenvalue weighted by Gasteiger charge is 2.21. The molecule has 0 aromatic heterocycles. The van der Waals surface area contributed by atoms with Crippen molar-refractivity contribution in [1.82, 2.24) is 0 Å². The Balaban J connectivity index is 2.00. The van der Waals surface area contributed by atoms with Gasteiger partial charge in [-0.25, -0.2) is 4.39 Å². The van der Waals surface area contributed by atoms with E-state index in [4.69, 9.17) is 11.6 Å². The van der Waals surface area contributed by atoms with Gasteiger partial charge in [-0.2, -0.15) is 0 Å². The number of hydrogen-bond donors (Lipinski definition) is 1. The van der Waals surface area contributed by atoms with E-state index < -0.39 is 11.2 Å². The predicted molar refractivity (Wildman–Crippen MR) is 77.5 cm³/mol. The molecular weight excluding hydrogens is 277 g/mol. The maximum atomic E-state index is 14.2. The van der Waals surface area contributed by atoms with Crippen molar-refractivity contribution in [3.63, 3.8) is 0 Å². The van der Waals surface area contributed by atoms with E-state index in [9.17, 15) is 9.18 Å². The summed E-state index contributed by atoms with van der Waals surface area (Å²) in [5.74, 6) is -0.468. The van der Waals surface area contributed by atoms with Crippen LogP contribution in [0, 0.1) is 5.82 Å². The Labute approximate surface area is 121 Å². The minimum Gasteiger partial charge on any atom is -0.326 e. The van der Waals surface area contributed by atoms with Gasteiger partial charge in [-0.1, -0.05) is 30.3 Å². The number of halogens is 2.